The summed E-state index contributed by atoms with van der Waals surface area (Å²) in [5, 5.41) is 0. The van der Waals surface area contributed by atoms with Crippen molar-refractivity contribution >= 4 is 5.78 Å². The fourth-order valence-electron chi connectivity index (χ4n) is 2.39. The number of ether oxygens (including phenoxy) is 3. The first kappa shape index (κ1) is 13.7. The summed E-state index contributed by atoms with van der Waals surface area (Å²) in [6.07, 6.45) is 4.13. The second kappa shape index (κ2) is 5.95. The third-order valence-electron chi connectivity index (χ3n) is 3.70. The van der Waals surface area contributed by atoms with E-state index in [1.807, 2.05) is 0 Å². The van der Waals surface area contributed by atoms with Crippen LogP contribution in [-0.2, 0) is 0 Å². The standard InChI is InChI=1S/C15H20O4/c1-17-13-8-7-11(14(18-2)15(13)19-3)12(16)9-10-5-4-6-10/h7-8,10H,4-6,9H2,1-3H3. The van der Waals surface area contributed by atoms with Crippen LogP contribution in [0.4, 0.5) is 0 Å². The third-order valence-corrected chi connectivity index (χ3v) is 3.70. The second-order valence-electron chi connectivity index (χ2n) is 4.81. The number of benzene rings is 1. The Morgan fingerprint density at radius 3 is 2.26 bits per heavy atom. The first-order chi connectivity index (χ1) is 9.21. The van der Waals surface area contributed by atoms with Gasteiger partial charge in [-0.05, 0) is 18.1 Å². The molecule has 19 heavy (non-hydrogen) atoms. The Bertz CT molecular complexity index is 463. The molecule has 4 heteroatoms. The van der Waals surface area contributed by atoms with E-state index in [-0.39, 0.29) is 5.78 Å². The van der Waals surface area contributed by atoms with Crippen LogP contribution >= 0.6 is 0 Å². The molecule has 1 aromatic carbocycles. The van der Waals surface area contributed by atoms with Gasteiger partial charge in [-0.15, -0.1) is 0 Å². The van der Waals surface area contributed by atoms with Gasteiger partial charge in [-0.2, -0.15) is 0 Å². The van der Waals surface area contributed by atoms with E-state index in [0.717, 1.165) is 12.8 Å². The fraction of sp³-hybridized carbons (Fsp3) is 0.533. The SMILES string of the molecule is COc1ccc(C(=O)CC2CCC2)c(OC)c1OC. The van der Waals surface area contributed by atoms with Gasteiger partial charge < -0.3 is 14.2 Å². The van der Waals surface area contributed by atoms with Crippen LogP contribution in [0.25, 0.3) is 0 Å². The van der Waals surface area contributed by atoms with Crippen LogP contribution in [0.5, 0.6) is 17.2 Å². The van der Waals surface area contributed by atoms with Gasteiger partial charge in [0.05, 0.1) is 26.9 Å². The molecule has 0 heterocycles. The summed E-state index contributed by atoms with van der Waals surface area (Å²) >= 11 is 0. The Morgan fingerprint density at radius 1 is 1.11 bits per heavy atom. The molecule has 0 N–H and O–H groups in total. The predicted molar refractivity (Wildman–Crippen MR) is 72.4 cm³/mol. The largest absolute Gasteiger partial charge is 0.493 e. The molecule has 1 aromatic rings. The molecule has 0 spiro atoms. The molecule has 1 saturated carbocycles. The molecule has 0 unspecified atom stereocenters. The van der Waals surface area contributed by atoms with Gasteiger partial charge in [0.2, 0.25) is 5.75 Å². The van der Waals surface area contributed by atoms with E-state index >= 15 is 0 Å². The highest BCUT2D eigenvalue weighted by molar-refractivity contribution is 6.00. The zero-order valence-electron chi connectivity index (χ0n) is 11.7. The number of carbonyl (C=O) groups excluding carboxylic acids is 1. The van der Waals surface area contributed by atoms with E-state index in [1.165, 1.54) is 13.5 Å². The van der Waals surface area contributed by atoms with E-state index in [9.17, 15) is 4.79 Å². The normalized spacial score (nSPS) is 14.7. The van der Waals surface area contributed by atoms with Gasteiger partial charge in [-0.1, -0.05) is 19.3 Å². The summed E-state index contributed by atoms with van der Waals surface area (Å²) in [5.74, 6) is 2.16. The van der Waals surface area contributed by atoms with Crippen LogP contribution in [-0.4, -0.2) is 27.1 Å². The van der Waals surface area contributed by atoms with Gasteiger partial charge in [0.15, 0.2) is 17.3 Å². The Kier molecular flexibility index (Phi) is 4.30. The number of rotatable bonds is 6. The monoisotopic (exact) mass is 264 g/mol. The molecule has 0 saturated heterocycles. The molecule has 4 nitrogen and oxygen atoms in total. The topological polar surface area (TPSA) is 44.8 Å². The molecule has 0 amide bonds. The van der Waals surface area contributed by atoms with Crippen LogP contribution in [0.1, 0.15) is 36.0 Å². The van der Waals surface area contributed by atoms with Crippen LogP contribution < -0.4 is 14.2 Å². The van der Waals surface area contributed by atoms with Gasteiger partial charge in [0.1, 0.15) is 0 Å². The van der Waals surface area contributed by atoms with Crippen molar-refractivity contribution in [1.82, 2.24) is 0 Å². The summed E-state index contributed by atoms with van der Waals surface area (Å²) in [4.78, 5) is 12.3. The smallest absolute Gasteiger partial charge is 0.204 e. The van der Waals surface area contributed by atoms with Crippen LogP contribution in [0.3, 0.4) is 0 Å². The highest BCUT2D eigenvalue weighted by Crippen LogP contribution is 2.41. The van der Waals surface area contributed by atoms with E-state index in [0.29, 0.717) is 35.2 Å². The first-order valence-electron chi connectivity index (χ1n) is 6.53. The van der Waals surface area contributed by atoms with E-state index < -0.39 is 0 Å². The zero-order chi connectivity index (χ0) is 13.8. The Morgan fingerprint density at radius 2 is 1.79 bits per heavy atom. The van der Waals surface area contributed by atoms with Crippen molar-refractivity contribution in [3.63, 3.8) is 0 Å². The maximum absolute atomic E-state index is 12.3. The highest BCUT2D eigenvalue weighted by Gasteiger charge is 2.25. The summed E-state index contributed by atoms with van der Waals surface area (Å²) in [7, 11) is 4.64. The minimum atomic E-state index is 0.113. The van der Waals surface area contributed by atoms with E-state index in [4.69, 9.17) is 14.2 Å². The minimum absolute atomic E-state index is 0.113. The fourth-order valence-corrected chi connectivity index (χ4v) is 2.39. The lowest BCUT2D eigenvalue weighted by Gasteiger charge is -2.25. The number of hydrogen-bond donors (Lipinski definition) is 0. The number of hydrogen-bond acceptors (Lipinski definition) is 4. The molecule has 104 valence electrons. The quantitative estimate of drug-likeness (QED) is 0.741. The number of methoxy groups -OCH3 is 3. The lowest BCUT2D eigenvalue weighted by atomic mass is 9.81. The summed E-state index contributed by atoms with van der Waals surface area (Å²) in [6, 6.07) is 3.50. The maximum atomic E-state index is 12.3. The molecule has 1 aliphatic carbocycles. The maximum Gasteiger partial charge on any atom is 0.204 e. The molecule has 2 rings (SSSR count). The van der Waals surface area contributed by atoms with Crippen molar-refractivity contribution in [2.24, 2.45) is 5.92 Å². The Hall–Kier alpha value is -1.71. The molecule has 0 radical (unpaired) electrons. The Labute approximate surface area is 113 Å². The Balaban J connectivity index is 2.30. The van der Waals surface area contributed by atoms with Gasteiger partial charge in [-0.25, -0.2) is 0 Å². The van der Waals surface area contributed by atoms with Gasteiger partial charge >= 0.3 is 0 Å². The number of ketones is 1. The van der Waals surface area contributed by atoms with Crippen molar-refractivity contribution in [3.8, 4) is 17.2 Å². The van der Waals surface area contributed by atoms with Gasteiger partial charge in [-0.3, -0.25) is 4.79 Å². The van der Waals surface area contributed by atoms with Crippen molar-refractivity contribution in [1.29, 1.82) is 0 Å². The van der Waals surface area contributed by atoms with E-state index in [1.54, 1.807) is 26.4 Å². The van der Waals surface area contributed by atoms with E-state index in [2.05, 4.69) is 0 Å². The number of Topliss-reactive ketones (excluding diaryl/α,β-unsaturated/α-hetero) is 1. The van der Waals surface area contributed by atoms with Crippen LogP contribution in [0, 0.1) is 5.92 Å². The third kappa shape index (κ3) is 2.67. The molecule has 0 bridgehead atoms. The van der Waals surface area contributed by atoms with Crippen molar-refractivity contribution in [3.05, 3.63) is 17.7 Å². The lowest BCUT2D eigenvalue weighted by molar-refractivity contribution is 0.0932. The minimum Gasteiger partial charge on any atom is -0.493 e. The molecule has 1 fully saturated rings. The average molecular weight is 264 g/mol. The first-order valence-corrected chi connectivity index (χ1v) is 6.53. The summed E-state index contributed by atoms with van der Waals surface area (Å²) in [5.41, 5.74) is 0.576. The van der Waals surface area contributed by atoms with Gasteiger partial charge in [0.25, 0.3) is 0 Å². The van der Waals surface area contributed by atoms with Gasteiger partial charge in [0, 0.05) is 6.42 Å². The van der Waals surface area contributed by atoms with Crippen LogP contribution in [0.15, 0.2) is 12.1 Å². The number of carbonyl (C=O) groups is 1. The molecular formula is C15H20O4. The summed E-state index contributed by atoms with van der Waals surface area (Å²) < 4.78 is 15.8. The molecular weight excluding hydrogens is 244 g/mol. The highest BCUT2D eigenvalue weighted by atomic mass is 16.5. The lowest BCUT2D eigenvalue weighted by Crippen LogP contribution is -2.16. The van der Waals surface area contributed by atoms with Crippen LogP contribution in [0.2, 0.25) is 0 Å². The predicted octanol–water partition coefficient (Wildman–Crippen LogP) is 3.09. The van der Waals surface area contributed by atoms with Crippen molar-refractivity contribution in [2.45, 2.75) is 25.7 Å². The molecule has 0 aromatic heterocycles. The molecule has 0 aliphatic heterocycles. The molecule has 1 aliphatic rings. The zero-order valence-corrected chi connectivity index (χ0v) is 11.7. The van der Waals surface area contributed by atoms with Crippen molar-refractivity contribution in [2.75, 3.05) is 21.3 Å². The van der Waals surface area contributed by atoms with Crippen molar-refractivity contribution < 1.29 is 19.0 Å². The summed E-state index contributed by atoms with van der Waals surface area (Å²) in [6.45, 7) is 0. The average Bonchev–Trinajstić information content (AvgIpc) is 2.40. The second-order valence-corrected chi connectivity index (χ2v) is 4.81. The molecule has 0 atom stereocenters.